The second-order valence-electron chi connectivity index (χ2n) is 14.4. The van der Waals surface area contributed by atoms with Crippen LogP contribution in [0, 0.1) is 0 Å². The Labute approximate surface area is 332 Å². The van der Waals surface area contributed by atoms with Crippen molar-refractivity contribution in [2.75, 3.05) is 13.2 Å². The second kappa shape index (κ2) is 20.3. The minimum Gasteiger partial charge on any atom is -0.494 e. The summed E-state index contributed by atoms with van der Waals surface area (Å²) in [5.74, 6) is 3.03. The molecule has 6 aromatic rings. The van der Waals surface area contributed by atoms with Gasteiger partial charge in [-0.1, -0.05) is 76.5 Å². The highest BCUT2D eigenvalue weighted by Gasteiger charge is 2.21. The Hall–Kier alpha value is -5.69. The van der Waals surface area contributed by atoms with Crippen LogP contribution in [0.5, 0.6) is 23.0 Å². The van der Waals surface area contributed by atoms with E-state index < -0.39 is 6.29 Å². The Balaban J connectivity index is 1.22. The molecule has 3 aliphatic heterocycles. The number of fused-ring (bicyclic) bond motifs is 2. The number of hydrogen-bond acceptors (Lipinski definition) is 7. The summed E-state index contributed by atoms with van der Waals surface area (Å²) in [6, 6.07) is 38.6. The van der Waals surface area contributed by atoms with Crippen molar-refractivity contribution in [2.45, 2.75) is 90.3 Å². The van der Waals surface area contributed by atoms with Crippen LogP contribution in [-0.2, 0) is 0 Å². The SMILES string of the molecule is CCCCCCCC1Oc2ccc(cc2)-c2cccc(n2)-c2ccc(cc2)OCCCCCCCCOc2cc(c(-c3ccccn3)cc2-c2ccccn2)O1. The van der Waals surface area contributed by atoms with Gasteiger partial charge in [0, 0.05) is 47.1 Å². The van der Waals surface area contributed by atoms with Gasteiger partial charge in [-0.25, -0.2) is 4.98 Å². The molecule has 9 rings (SSSR count). The second-order valence-corrected chi connectivity index (χ2v) is 14.4. The predicted molar refractivity (Wildman–Crippen MR) is 225 cm³/mol. The average Bonchev–Trinajstić information content (AvgIpc) is 3.25. The van der Waals surface area contributed by atoms with E-state index in [0.29, 0.717) is 19.0 Å². The maximum atomic E-state index is 6.92. The molecule has 0 spiro atoms. The standard InChI is InChI=1S/C49H53N3O4/c1-2-3-4-7-10-22-49-55-40-29-25-38(26-30-40)44-21-17-20-43(52-44)37-23-27-39(28-24-37)53-33-15-8-5-6-9-16-34-54-47-36-48(56-49)42(46-19-12-14-32-51-46)35-41(47)45-18-11-13-31-50-45/h11-14,17-21,23-32,35-36,49H,2-10,15-16,22,33-34H2,1H3. The van der Waals surface area contributed by atoms with E-state index in [-0.39, 0.29) is 0 Å². The molecule has 7 heteroatoms. The van der Waals surface area contributed by atoms with E-state index in [1.54, 1.807) is 0 Å². The minimum atomic E-state index is -0.533. The lowest BCUT2D eigenvalue weighted by molar-refractivity contribution is -0.00216. The third-order valence-electron chi connectivity index (χ3n) is 10.1. The molecule has 0 amide bonds. The van der Waals surface area contributed by atoms with E-state index in [1.165, 1.54) is 25.7 Å². The number of ether oxygens (including phenoxy) is 4. The number of hydrogen-bond donors (Lipinski definition) is 0. The van der Waals surface area contributed by atoms with Crippen LogP contribution in [0.25, 0.3) is 45.0 Å². The fourth-order valence-corrected chi connectivity index (χ4v) is 7.04. The highest BCUT2D eigenvalue weighted by atomic mass is 16.7. The summed E-state index contributed by atoms with van der Waals surface area (Å²) >= 11 is 0. The Morgan fingerprint density at radius 1 is 0.500 bits per heavy atom. The molecule has 3 aliphatic rings. The third-order valence-corrected chi connectivity index (χ3v) is 10.1. The van der Waals surface area contributed by atoms with Crippen molar-refractivity contribution in [1.82, 2.24) is 15.0 Å². The summed E-state index contributed by atoms with van der Waals surface area (Å²) in [7, 11) is 0. The molecule has 0 fully saturated rings. The molecule has 0 radical (unpaired) electrons. The van der Waals surface area contributed by atoms with Gasteiger partial charge in [-0.05, 0) is 110 Å². The highest BCUT2D eigenvalue weighted by molar-refractivity contribution is 5.79. The molecule has 3 aromatic heterocycles. The summed E-state index contributed by atoms with van der Waals surface area (Å²) in [6.07, 6.45) is 16.1. The van der Waals surface area contributed by atoms with E-state index in [4.69, 9.17) is 33.9 Å². The van der Waals surface area contributed by atoms with E-state index in [0.717, 1.165) is 114 Å². The zero-order valence-electron chi connectivity index (χ0n) is 32.6. The number of pyridine rings is 3. The normalized spacial score (nSPS) is 15.1. The van der Waals surface area contributed by atoms with Gasteiger partial charge in [0.15, 0.2) is 0 Å². The van der Waals surface area contributed by atoms with Gasteiger partial charge in [0.2, 0.25) is 6.29 Å². The van der Waals surface area contributed by atoms with E-state index >= 15 is 0 Å². The summed E-state index contributed by atoms with van der Waals surface area (Å²) < 4.78 is 26.3. The van der Waals surface area contributed by atoms with Gasteiger partial charge in [0.1, 0.15) is 23.0 Å². The van der Waals surface area contributed by atoms with Gasteiger partial charge in [0.05, 0.1) is 36.0 Å². The molecule has 0 aliphatic carbocycles. The molecule has 1 unspecified atom stereocenters. The molecule has 288 valence electrons. The van der Waals surface area contributed by atoms with E-state index in [2.05, 4.69) is 49.4 Å². The topological polar surface area (TPSA) is 75.6 Å². The molecule has 0 N–H and O–H groups in total. The Bertz CT molecular complexity index is 2070. The smallest absolute Gasteiger partial charge is 0.241 e. The largest absolute Gasteiger partial charge is 0.494 e. The lowest BCUT2D eigenvalue weighted by Crippen LogP contribution is -2.24. The van der Waals surface area contributed by atoms with Crippen LogP contribution in [-0.4, -0.2) is 34.5 Å². The van der Waals surface area contributed by atoms with Crippen molar-refractivity contribution in [3.8, 4) is 68.0 Å². The summed E-state index contributed by atoms with van der Waals surface area (Å²) in [6.45, 7) is 3.55. The van der Waals surface area contributed by atoms with Gasteiger partial charge in [-0.3, -0.25) is 9.97 Å². The lowest BCUT2D eigenvalue weighted by Gasteiger charge is -2.24. The molecular weight excluding hydrogens is 695 g/mol. The minimum absolute atomic E-state index is 0.533. The van der Waals surface area contributed by atoms with Crippen LogP contribution in [0.3, 0.4) is 0 Å². The van der Waals surface area contributed by atoms with E-state index in [9.17, 15) is 0 Å². The van der Waals surface area contributed by atoms with Gasteiger partial charge in [-0.15, -0.1) is 0 Å². The first-order chi connectivity index (χ1) is 27.7. The van der Waals surface area contributed by atoms with Crippen LogP contribution in [0.4, 0.5) is 0 Å². The van der Waals surface area contributed by atoms with Crippen LogP contribution in [0.2, 0.25) is 0 Å². The first-order valence-electron chi connectivity index (χ1n) is 20.5. The van der Waals surface area contributed by atoms with Crippen LogP contribution < -0.4 is 18.9 Å². The molecule has 7 nitrogen and oxygen atoms in total. The van der Waals surface area contributed by atoms with Gasteiger partial charge in [-0.2, -0.15) is 0 Å². The monoisotopic (exact) mass is 747 g/mol. The molecule has 0 saturated heterocycles. The fourth-order valence-electron chi connectivity index (χ4n) is 7.04. The van der Waals surface area contributed by atoms with Crippen molar-refractivity contribution in [1.29, 1.82) is 0 Å². The molecule has 8 bridgehead atoms. The zero-order chi connectivity index (χ0) is 38.2. The number of unbranched alkanes of at least 4 members (excludes halogenated alkanes) is 4. The van der Waals surface area contributed by atoms with E-state index in [1.807, 2.05) is 85.2 Å². The van der Waals surface area contributed by atoms with Crippen molar-refractivity contribution in [3.63, 3.8) is 0 Å². The van der Waals surface area contributed by atoms with Crippen molar-refractivity contribution in [2.24, 2.45) is 0 Å². The number of aromatic nitrogens is 3. The first kappa shape index (κ1) is 38.6. The lowest BCUT2D eigenvalue weighted by atomic mass is 10.0. The molecular formula is C49H53N3O4. The van der Waals surface area contributed by atoms with Crippen molar-refractivity contribution in [3.05, 3.63) is 128 Å². The molecule has 0 saturated carbocycles. The molecule has 6 heterocycles. The zero-order valence-corrected chi connectivity index (χ0v) is 32.6. The van der Waals surface area contributed by atoms with Crippen LogP contribution in [0.15, 0.2) is 128 Å². The predicted octanol–water partition coefficient (Wildman–Crippen LogP) is 12.8. The maximum Gasteiger partial charge on any atom is 0.241 e. The Morgan fingerprint density at radius 2 is 1.07 bits per heavy atom. The fraction of sp³-hybridized carbons (Fsp3) is 0.327. The quantitative estimate of drug-likeness (QED) is 0.143. The Kier molecular flexibility index (Phi) is 14.0. The van der Waals surface area contributed by atoms with Gasteiger partial charge < -0.3 is 18.9 Å². The Morgan fingerprint density at radius 3 is 1.70 bits per heavy atom. The van der Waals surface area contributed by atoms with Crippen molar-refractivity contribution >= 4 is 0 Å². The van der Waals surface area contributed by atoms with Crippen LogP contribution >= 0.6 is 0 Å². The van der Waals surface area contributed by atoms with Gasteiger partial charge >= 0.3 is 0 Å². The number of benzene rings is 3. The van der Waals surface area contributed by atoms with Crippen molar-refractivity contribution < 1.29 is 18.9 Å². The van der Waals surface area contributed by atoms with Gasteiger partial charge in [0.25, 0.3) is 0 Å². The van der Waals surface area contributed by atoms with Crippen LogP contribution in [0.1, 0.15) is 84.0 Å². The first-order valence-corrected chi connectivity index (χ1v) is 20.5. The average molecular weight is 748 g/mol. The molecule has 3 aromatic carbocycles. The number of rotatable bonds is 8. The number of nitrogens with zero attached hydrogens (tertiary/aromatic N) is 3. The highest BCUT2D eigenvalue weighted by Crippen LogP contribution is 2.41. The third kappa shape index (κ3) is 10.7. The summed E-state index contributed by atoms with van der Waals surface area (Å²) in [5, 5.41) is 0. The molecule has 56 heavy (non-hydrogen) atoms. The maximum absolute atomic E-state index is 6.92. The summed E-state index contributed by atoms with van der Waals surface area (Å²) in [5.41, 5.74) is 7.30. The molecule has 1 atom stereocenters. The summed E-state index contributed by atoms with van der Waals surface area (Å²) in [4.78, 5) is 14.5.